The maximum Gasteiger partial charge on any atom is 0.233 e. The number of hydrogen-bond acceptors (Lipinski definition) is 3. The van der Waals surface area contributed by atoms with E-state index in [1.165, 1.54) is 38.5 Å². The number of amides is 1. The minimum Gasteiger partial charge on any atom is -0.354 e. The van der Waals surface area contributed by atoms with Crippen molar-refractivity contribution >= 4 is 5.91 Å². The minimum atomic E-state index is -0.0716. The molecular formula is C11H23N3O. The Bertz CT molecular complexity index is 177. The van der Waals surface area contributed by atoms with E-state index in [0.717, 1.165) is 6.54 Å². The van der Waals surface area contributed by atoms with Crippen LogP contribution < -0.4 is 16.4 Å². The zero-order valence-corrected chi connectivity index (χ0v) is 9.43. The smallest absolute Gasteiger partial charge is 0.233 e. The highest BCUT2D eigenvalue weighted by Gasteiger charge is 2.10. The molecule has 1 rings (SSSR count). The summed E-state index contributed by atoms with van der Waals surface area (Å²) >= 11 is 0. The van der Waals surface area contributed by atoms with E-state index in [9.17, 15) is 4.79 Å². The van der Waals surface area contributed by atoms with Crippen molar-refractivity contribution in [2.24, 2.45) is 5.73 Å². The highest BCUT2D eigenvalue weighted by Crippen LogP contribution is 2.16. The summed E-state index contributed by atoms with van der Waals surface area (Å²) in [4.78, 5) is 10.9. The molecule has 1 saturated carbocycles. The standard InChI is InChI=1S/C11H23N3O/c12-9-11(15)14-8-7-13-10-5-3-1-2-4-6-10/h10,13H,1-9,12H2,(H,14,15). The average Bonchev–Trinajstić information content (AvgIpc) is 2.52. The number of carbonyl (C=O) groups is 1. The fourth-order valence-electron chi connectivity index (χ4n) is 2.03. The quantitative estimate of drug-likeness (QED) is 0.457. The Morgan fingerprint density at radius 1 is 1.13 bits per heavy atom. The topological polar surface area (TPSA) is 67.2 Å². The third kappa shape index (κ3) is 5.74. The summed E-state index contributed by atoms with van der Waals surface area (Å²) in [5.41, 5.74) is 5.19. The van der Waals surface area contributed by atoms with E-state index in [4.69, 9.17) is 5.73 Å². The number of carbonyl (C=O) groups excluding carboxylic acids is 1. The van der Waals surface area contributed by atoms with E-state index in [1.807, 2.05) is 0 Å². The van der Waals surface area contributed by atoms with Gasteiger partial charge in [0.25, 0.3) is 0 Å². The van der Waals surface area contributed by atoms with Gasteiger partial charge in [-0.3, -0.25) is 4.79 Å². The molecule has 4 N–H and O–H groups in total. The van der Waals surface area contributed by atoms with E-state index >= 15 is 0 Å². The van der Waals surface area contributed by atoms with Gasteiger partial charge in [-0.15, -0.1) is 0 Å². The molecule has 0 heterocycles. The molecule has 0 bridgehead atoms. The zero-order chi connectivity index (χ0) is 10.9. The number of hydrogen-bond donors (Lipinski definition) is 3. The number of rotatable bonds is 5. The minimum absolute atomic E-state index is 0.0716. The van der Waals surface area contributed by atoms with Crippen molar-refractivity contribution in [3.8, 4) is 0 Å². The number of nitrogens with one attached hydrogen (secondary N) is 2. The predicted molar refractivity (Wildman–Crippen MR) is 61.6 cm³/mol. The van der Waals surface area contributed by atoms with Gasteiger partial charge in [0.15, 0.2) is 0 Å². The monoisotopic (exact) mass is 213 g/mol. The van der Waals surface area contributed by atoms with Crippen molar-refractivity contribution in [2.45, 2.75) is 44.6 Å². The lowest BCUT2D eigenvalue weighted by molar-refractivity contribution is -0.119. The molecule has 0 aliphatic heterocycles. The zero-order valence-electron chi connectivity index (χ0n) is 9.43. The van der Waals surface area contributed by atoms with Crippen molar-refractivity contribution in [1.29, 1.82) is 0 Å². The molecule has 0 unspecified atom stereocenters. The first-order valence-corrected chi connectivity index (χ1v) is 6.03. The van der Waals surface area contributed by atoms with Crippen LogP contribution in [0.4, 0.5) is 0 Å². The Balaban J connectivity index is 2.00. The van der Waals surface area contributed by atoms with Gasteiger partial charge in [0, 0.05) is 19.1 Å². The van der Waals surface area contributed by atoms with Gasteiger partial charge in [-0.25, -0.2) is 0 Å². The fraction of sp³-hybridized carbons (Fsp3) is 0.909. The molecule has 0 aromatic heterocycles. The predicted octanol–water partition coefficient (Wildman–Crippen LogP) is 0.374. The molecule has 15 heavy (non-hydrogen) atoms. The average molecular weight is 213 g/mol. The Morgan fingerprint density at radius 2 is 1.80 bits per heavy atom. The Hall–Kier alpha value is -0.610. The molecule has 4 nitrogen and oxygen atoms in total. The normalized spacial score (nSPS) is 18.5. The first-order chi connectivity index (χ1) is 7.33. The van der Waals surface area contributed by atoms with Gasteiger partial charge in [-0.05, 0) is 12.8 Å². The second-order valence-corrected chi connectivity index (χ2v) is 4.20. The summed E-state index contributed by atoms with van der Waals surface area (Å²) < 4.78 is 0. The van der Waals surface area contributed by atoms with Crippen LogP contribution in [0.15, 0.2) is 0 Å². The van der Waals surface area contributed by atoms with Crippen LogP contribution in [0.25, 0.3) is 0 Å². The molecular weight excluding hydrogens is 190 g/mol. The van der Waals surface area contributed by atoms with Crippen molar-refractivity contribution in [3.63, 3.8) is 0 Å². The highest BCUT2D eigenvalue weighted by molar-refractivity contribution is 5.77. The van der Waals surface area contributed by atoms with E-state index < -0.39 is 0 Å². The second kappa shape index (κ2) is 7.65. The molecule has 0 aromatic carbocycles. The molecule has 0 aromatic rings. The Morgan fingerprint density at radius 3 is 2.40 bits per heavy atom. The largest absolute Gasteiger partial charge is 0.354 e. The molecule has 0 saturated heterocycles. The van der Waals surface area contributed by atoms with Crippen LogP contribution in [0.1, 0.15) is 38.5 Å². The molecule has 0 spiro atoms. The summed E-state index contributed by atoms with van der Waals surface area (Å²) in [7, 11) is 0. The first kappa shape index (κ1) is 12.5. The Kier molecular flexibility index (Phi) is 6.36. The summed E-state index contributed by atoms with van der Waals surface area (Å²) in [6.07, 6.45) is 8.00. The molecule has 1 aliphatic carbocycles. The van der Waals surface area contributed by atoms with Crippen LogP contribution in [0, 0.1) is 0 Å². The van der Waals surface area contributed by atoms with E-state index in [1.54, 1.807) is 0 Å². The van der Waals surface area contributed by atoms with Crippen LogP contribution in [-0.4, -0.2) is 31.6 Å². The van der Waals surface area contributed by atoms with Crippen LogP contribution in [0.5, 0.6) is 0 Å². The van der Waals surface area contributed by atoms with E-state index in [-0.39, 0.29) is 12.5 Å². The first-order valence-electron chi connectivity index (χ1n) is 6.03. The third-order valence-corrected chi connectivity index (χ3v) is 2.92. The molecule has 1 fully saturated rings. The van der Waals surface area contributed by atoms with Crippen molar-refractivity contribution in [1.82, 2.24) is 10.6 Å². The molecule has 88 valence electrons. The van der Waals surface area contributed by atoms with Crippen molar-refractivity contribution in [3.05, 3.63) is 0 Å². The van der Waals surface area contributed by atoms with Crippen molar-refractivity contribution < 1.29 is 4.79 Å². The summed E-state index contributed by atoms with van der Waals surface area (Å²) in [5, 5.41) is 6.25. The third-order valence-electron chi connectivity index (χ3n) is 2.92. The molecule has 0 radical (unpaired) electrons. The van der Waals surface area contributed by atoms with Gasteiger partial charge in [0.05, 0.1) is 6.54 Å². The summed E-state index contributed by atoms with van der Waals surface area (Å²) in [5.74, 6) is -0.0716. The number of nitrogens with two attached hydrogens (primary N) is 1. The summed E-state index contributed by atoms with van der Waals surface area (Å²) in [6.45, 7) is 1.63. The van der Waals surface area contributed by atoms with Gasteiger partial charge in [0.1, 0.15) is 0 Å². The summed E-state index contributed by atoms with van der Waals surface area (Å²) in [6, 6.07) is 0.655. The lowest BCUT2D eigenvalue weighted by Gasteiger charge is -2.16. The van der Waals surface area contributed by atoms with Gasteiger partial charge in [-0.2, -0.15) is 0 Å². The maximum absolute atomic E-state index is 10.9. The van der Waals surface area contributed by atoms with Gasteiger partial charge < -0.3 is 16.4 Å². The van der Waals surface area contributed by atoms with Gasteiger partial charge >= 0.3 is 0 Å². The molecule has 0 atom stereocenters. The molecule has 1 aliphatic rings. The lowest BCUT2D eigenvalue weighted by Crippen LogP contribution is -2.38. The van der Waals surface area contributed by atoms with E-state index in [0.29, 0.717) is 12.6 Å². The molecule has 1 amide bonds. The van der Waals surface area contributed by atoms with Crippen LogP contribution in [0.2, 0.25) is 0 Å². The lowest BCUT2D eigenvalue weighted by atomic mass is 10.1. The van der Waals surface area contributed by atoms with Crippen molar-refractivity contribution in [2.75, 3.05) is 19.6 Å². The van der Waals surface area contributed by atoms with Gasteiger partial charge in [-0.1, -0.05) is 25.7 Å². The van der Waals surface area contributed by atoms with Crippen LogP contribution in [-0.2, 0) is 4.79 Å². The fourth-order valence-corrected chi connectivity index (χ4v) is 2.03. The molecule has 4 heteroatoms. The van der Waals surface area contributed by atoms with Crippen LogP contribution >= 0.6 is 0 Å². The highest BCUT2D eigenvalue weighted by atomic mass is 16.1. The maximum atomic E-state index is 10.9. The second-order valence-electron chi connectivity index (χ2n) is 4.20. The Labute approximate surface area is 92.0 Å². The SMILES string of the molecule is NCC(=O)NCCNC1CCCCCC1. The van der Waals surface area contributed by atoms with Crippen LogP contribution in [0.3, 0.4) is 0 Å². The van der Waals surface area contributed by atoms with E-state index in [2.05, 4.69) is 10.6 Å². The van der Waals surface area contributed by atoms with Gasteiger partial charge in [0.2, 0.25) is 5.91 Å².